The quantitative estimate of drug-likeness (QED) is 0.274. The fraction of sp³-hybridized carbons (Fsp3) is 0.207. The van der Waals surface area contributed by atoms with Crippen LogP contribution < -0.4 is 14.5 Å². The van der Waals surface area contributed by atoms with Gasteiger partial charge in [0.1, 0.15) is 17.6 Å². The van der Waals surface area contributed by atoms with E-state index in [2.05, 4.69) is 20.9 Å². The van der Waals surface area contributed by atoms with E-state index < -0.39 is 17.1 Å². The predicted octanol–water partition coefficient (Wildman–Crippen LogP) is 6.19. The van der Waals surface area contributed by atoms with E-state index in [1.165, 1.54) is 22.2 Å². The lowest BCUT2D eigenvalue weighted by Crippen LogP contribution is -2.32. The zero-order valence-corrected chi connectivity index (χ0v) is 23.8. The second kappa shape index (κ2) is 9.87. The number of carbonyl (C=O) groups is 2. The third-order valence-corrected chi connectivity index (χ3v) is 9.83. The van der Waals surface area contributed by atoms with E-state index in [9.17, 15) is 14.4 Å². The number of ether oxygens (including phenoxy) is 1. The molecule has 1 N–H and O–H groups in total. The number of carbonyl (C=O) groups excluding carboxylic acids is 2. The number of thioether (sulfide) groups is 1. The number of nitrogens with zero attached hydrogens (tertiary/aromatic N) is 1. The SMILES string of the molecule is Cc1ccc(COc2ccc(Br)cc2[C@@H]2c3sc(=O)[nH]c3S[C@H]3C(=O)N(c4ccc(C)cc4)C(=O)[C@@H]23)cc1. The molecule has 0 bridgehead atoms. The minimum Gasteiger partial charge on any atom is -0.489 e. The molecule has 3 aromatic carbocycles. The van der Waals surface area contributed by atoms with Crippen LogP contribution in [-0.2, 0) is 16.2 Å². The van der Waals surface area contributed by atoms with Crippen molar-refractivity contribution in [2.75, 3.05) is 4.90 Å². The molecule has 2 aliphatic rings. The van der Waals surface area contributed by atoms with E-state index in [0.29, 0.717) is 23.1 Å². The summed E-state index contributed by atoms with van der Waals surface area (Å²) >= 11 is 5.94. The van der Waals surface area contributed by atoms with E-state index in [-0.39, 0.29) is 16.7 Å². The molecular formula is C29H23BrN2O4S2. The van der Waals surface area contributed by atoms with Crippen molar-refractivity contribution in [2.45, 2.75) is 36.6 Å². The topological polar surface area (TPSA) is 79.5 Å². The number of hydrogen-bond acceptors (Lipinski definition) is 6. The molecule has 2 aliphatic heterocycles. The number of halogens is 1. The Morgan fingerprint density at radius 3 is 2.32 bits per heavy atom. The van der Waals surface area contributed by atoms with Gasteiger partial charge in [-0.2, -0.15) is 0 Å². The summed E-state index contributed by atoms with van der Waals surface area (Å²) in [6, 6.07) is 21.2. The number of aromatic nitrogens is 1. The van der Waals surface area contributed by atoms with Gasteiger partial charge >= 0.3 is 4.87 Å². The molecule has 0 saturated carbocycles. The molecule has 9 heteroatoms. The number of fused-ring (bicyclic) bond motifs is 2. The summed E-state index contributed by atoms with van der Waals surface area (Å²) in [6.45, 7) is 4.35. The first kappa shape index (κ1) is 25.2. The average Bonchev–Trinajstić information content (AvgIpc) is 3.39. The van der Waals surface area contributed by atoms with Gasteiger partial charge in [-0.05, 0) is 49.7 Å². The van der Waals surface area contributed by atoms with Crippen LogP contribution in [0.5, 0.6) is 5.75 Å². The molecule has 0 spiro atoms. The maximum atomic E-state index is 14.0. The second-order valence-corrected chi connectivity index (χ2v) is 12.6. The first-order valence-corrected chi connectivity index (χ1v) is 14.6. The lowest BCUT2D eigenvalue weighted by molar-refractivity contribution is -0.122. The highest BCUT2D eigenvalue weighted by Gasteiger charge is 2.56. The normalized spacial score (nSPS) is 20.4. The minimum absolute atomic E-state index is 0.208. The Bertz CT molecular complexity index is 1610. The summed E-state index contributed by atoms with van der Waals surface area (Å²) in [5.41, 5.74) is 4.56. The highest BCUT2D eigenvalue weighted by atomic mass is 79.9. The number of thiazole rings is 1. The molecule has 0 radical (unpaired) electrons. The van der Waals surface area contributed by atoms with Crippen LogP contribution in [0.1, 0.15) is 33.0 Å². The predicted molar refractivity (Wildman–Crippen MR) is 153 cm³/mol. The molecular weight excluding hydrogens is 584 g/mol. The van der Waals surface area contributed by atoms with E-state index in [1.807, 2.05) is 68.4 Å². The number of hydrogen-bond donors (Lipinski definition) is 1. The van der Waals surface area contributed by atoms with Crippen molar-refractivity contribution >= 4 is 56.5 Å². The molecule has 192 valence electrons. The van der Waals surface area contributed by atoms with Gasteiger partial charge in [0.15, 0.2) is 0 Å². The standard InChI is InChI=1S/C29H23BrN2O4S2/c1-15-3-7-17(8-4-15)14-36-21-12-9-18(30)13-20(21)22-23-25(37-26-24(22)38-29(35)31-26)28(34)32(27(23)33)19-10-5-16(2)6-11-19/h3-13,22-23,25H,14H2,1-2H3,(H,31,35)/t22-,23-,25+/m0/s1. The molecule has 3 atom stereocenters. The van der Waals surface area contributed by atoms with Gasteiger partial charge in [-0.1, -0.05) is 86.6 Å². The summed E-state index contributed by atoms with van der Waals surface area (Å²) in [6.07, 6.45) is 0. The van der Waals surface area contributed by atoms with Crippen LogP contribution in [0.2, 0.25) is 0 Å². The van der Waals surface area contributed by atoms with E-state index in [4.69, 9.17) is 4.74 Å². The summed E-state index contributed by atoms with van der Waals surface area (Å²) in [5.74, 6) is -1.11. The number of H-pyrrole nitrogens is 1. The van der Waals surface area contributed by atoms with Crippen molar-refractivity contribution in [3.8, 4) is 5.75 Å². The molecule has 38 heavy (non-hydrogen) atoms. The van der Waals surface area contributed by atoms with Gasteiger partial charge in [-0.25, -0.2) is 4.90 Å². The monoisotopic (exact) mass is 606 g/mol. The fourth-order valence-corrected chi connectivity index (χ4v) is 7.92. The molecule has 6 nitrogen and oxygen atoms in total. The van der Waals surface area contributed by atoms with Gasteiger partial charge in [0.05, 0.1) is 16.6 Å². The highest BCUT2D eigenvalue weighted by molar-refractivity contribution is 9.10. The summed E-state index contributed by atoms with van der Waals surface area (Å²) < 4.78 is 7.13. The third-order valence-electron chi connectivity index (χ3n) is 6.94. The van der Waals surface area contributed by atoms with Crippen LogP contribution in [0, 0.1) is 19.8 Å². The Balaban J connectivity index is 1.44. The fourth-order valence-electron chi connectivity index (χ4n) is 5.04. The van der Waals surface area contributed by atoms with Crippen molar-refractivity contribution < 1.29 is 14.3 Å². The lowest BCUT2D eigenvalue weighted by Gasteiger charge is -2.31. The van der Waals surface area contributed by atoms with Crippen molar-refractivity contribution in [1.82, 2.24) is 4.98 Å². The number of imide groups is 1. The lowest BCUT2D eigenvalue weighted by atomic mass is 9.82. The average molecular weight is 608 g/mol. The first-order chi connectivity index (χ1) is 18.3. The van der Waals surface area contributed by atoms with Crippen LogP contribution in [0.15, 0.2) is 81.0 Å². The van der Waals surface area contributed by atoms with Crippen molar-refractivity contribution in [3.63, 3.8) is 0 Å². The molecule has 3 heterocycles. The molecule has 1 saturated heterocycles. The Hall–Kier alpha value is -3.14. The summed E-state index contributed by atoms with van der Waals surface area (Å²) in [5, 5.41) is -0.0156. The molecule has 4 aromatic rings. The number of anilines is 1. The van der Waals surface area contributed by atoms with Crippen molar-refractivity contribution in [2.24, 2.45) is 5.92 Å². The molecule has 0 unspecified atom stereocenters. The maximum Gasteiger partial charge on any atom is 0.305 e. The summed E-state index contributed by atoms with van der Waals surface area (Å²) in [4.78, 5) is 44.9. The Morgan fingerprint density at radius 2 is 1.61 bits per heavy atom. The third kappa shape index (κ3) is 4.42. The maximum absolute atomic E-state index is 14.0. The molecule has 2 amide bonds. The van der Waals surface area contributed by atoms with Gasteiger partial charge in [-0.15, -0.1) is 0 Å². The summed E-state index contributed by atoms with van der Waals surface area (Å²) in [7, 11) is 0. The van der Waals surface area contributed by atoms with Crippen LogP contribution in [-0.4, -0.2) is 22.0 Å². The van der Waals surface area contributed by atoms with Gasteiger partial charge in [0.2, 0.25) is 11.8 Å². The van der Waals surface area contributed by atoms with Crippen LogP contribution in [0.4, 0.5) is 5.69 Å². The molecule has 6 rings (SSSR count). The van der Waals surface area contributed by atoms with Crippen LogP contribution >= 0.6 is 39.0 Å². The van der Waals surface area contributed by atoms with Gasteiger partial charge in [0, 0.05) is 20.8 Å². The number of benzene rings is 3. The molecule has 1 fully saturated rings. The van der Waals surface area contributed by atoms with E-state index in [1.54, 1.807) is 12.1 Å². The molecule has 0 aliphatic carbocycles. The van der Waals surface area contributed by atoms with Crippen molar-refractivity contribution in [1.29, 1.82) is 0 Å². The second-order valence-electron chi connectivity index (χ2n) is 9.55. The number of amides is 2. The number of rotatable bonds is 5. The van der Waals surface area contributed by atoms with E-state index >= 15 is 0 Å². The van der Waals surface area contributed by atoms with Gasteiger partial charge < -0.3 is 9.72 Å². The Morgan fingerprint density at radius 1 is 0.921 bits per heavy atom. The van der Waals surface area contributed by atoms with E-state index in [0.717, 1.165) is 37.4 Å². The molecule has 1 aromatic heterocycles. The van der Waals surface area contributed by atoms with Gasteiger partial charge in [0.25, 0.3) is 0 Å². The largest absolute Gasteiger partial charge is 0.489 e. The zero-order chi connectivity index (χ0) is 26.6. The first-order valence-electron chi connectivity index (χ1n) is 12.1. The smallest absolute Gasteiger partial charge is 0.305 e. The zero-order valence-electron chi connectivity index (χ0n) is 20.6. The number of aryl methyl sites for hydroxylation is 2. The number of nitrogens with one attached hydrogen (secondary N) is 1. The highest BCUT2D eigenvalue weighted by Crippen LogP contribution is 2.54. The van der Waals surface area contributed by atoms with Crippen LogP contribution in [0.3, 0.4) is 0 Å². The minimum atomic E-state index is -0.677. The van der Waals surface area contributed by atoms with Gasteiger partial charge in [-0.3, -0.25) is 14.4 Å². The van der Waals surface area contributed by atoms with Crippen LogP contribution in [0.25, 0.3) is 0 Å². The Kier molecular flexibility index (Phi) is 6.53. The number of aromatic amines is 1. The van der Waals surface area contributed by atoms with Crippen molar-refractivity contribution in [3.05, 3.63) is 108 Å². The Labute approximate surface area is 236 Å².